The van der Waals surface area contributed by atoms with Gasteiger partial charge < -0.3 is 14.2 Å². The van der Waals surface area contributed by atoms with E-state index < -0.39 is 47.0 Å². The number of hydrogen-bond acceptors (Lipinski definition) is 3. The fraction of sp³-hybridized carbons (Fsp3) is 0.294. The molecule has 1 saturated heterocycles. The van der Waals surface area contributed by atoms with Crippen LogP contribution in [0.3, 0.4) is 0 Å². The van der Waals surface area contributed by atoms with Crippen LogP contribution in [-0.2, 0) is 22.0 Å². The Kier molecular flexibility index (Phi) is 9.60. The molecule has 0 aromatic heterocycles. The van der Waals surface area contributed by atoms with Crippen molar-refractivity contribution >= 4 is 0 Å². The van der Waals surface area contributed by atoms with E-state index in [9.17, 15) is 22.0 Å². The summed E-state index contributed by atoms with van der Waals surface area (Å²) in [4.78, 5) is 0. The first-order chi connectivity index (χ1) is 21.1. The van der Waals surface area contributed by atoms with E-state index in [-0.39, 0.29) is 36.0 Å². The highest BCUT2D eigenvalue weighted by Crippen LogP contribution is 2.38. The van der Waals surface area contributed by atoms with Gasteiger partial charge >= 0.3 is 6.11 Å². The quantitative estimate of drug-likeness (QED) is 0.101. The summed E-state index contributed by atoms with van der Waals surface area (Å²) in [7, 11) is 0. The van der Waals surface area contributed by atoms with Crippen molar-refractivity contribution in [1.29, 1.82) is 0 Å². The number of unbranched alkanes of at least 4 members (excludes halogenated alkanes) is 2. The lowest BCUT2D eigenvalue weighted by Crippen LogP contribution is -2.26. The summed E-state index contributed by atoms with van der Waals surface area (Å²) in [6.45, 7) is 2.20. The maximum absolute atomic E-state index is 15.0. The minimum absolute atomic E-state index is 0.0333. The van der Waals surface area contributed by atoms with Crippen LogP contribution in [0.2, 0.25) is 0 Å². The number of rotatable bonds is 10. The van der Waals surface area contributed by atoms with Crippen molar-refractivity contribution in [1.82, 2.24) is 0 Å². The molecule has 232 valence electrons. The third kappa shape index (κ3) is 7.08. The van der Waals surface area contributed by atoms with Crippen LogP contribution in [0.4, 0.5) is 30.7 Å². The molecule has 1 aliphatic heterocycles. The summed E-state index contributed by atoms with van der Waals surface area (Å²) in [5.74, 6) is -7.95. The Morgan fingerprint density at radius 3 is 1.86 bits per heavy atom. The van der Waals surface area contributed by atoms with Crippen molar-refractivity contribution in [2.45, 2.75) is 50.9 Å². The van der Waals surface area contributed by atoms with Crippen LogP contribution in [-0.4, -0.2) is 13.2 Å². The fourth-order valence-electron chi connectivity index (χ4n) is 5.07. The zero-order chi connectivity index (χ0) is 31.4. The summed E-state index contributed by atoms with van der Waals surface area (Å²) in [6, 6.07) is 15.7. The molecule has 0 aliphatic carbocycles. The summed E-state index contributed by atoms with van der Waals surface area (Å²) in [5, 5.41) is 0. The van der Waals surface area contributed by atoms with Gasteiger partial charge in [0.2, 0.25) is 0 Å². The van der Waals surface area contributed by atoms with Gasteiger partial charge in [0.15, 0.2) is 23.7 Å². The molecule has 10 heteroatoms. The topological polar surface area (TPSA) is 27.7 Å². The molecule has 0 N–H and O–H groups in total. The minimum Gasteiger partial charge on any atom is -0.429 e. The summed E-state index contributed by atoms with van der Waals surface area (Å²) in [6.07, 6.45) is -1.35. The number of benzene rings is 4. The highest BCUT2D eigenvalue weighted by molar-refractivity contribution is 5.64. The number of alkyl halides is 2. The molecule has 0 amide bonds. The first kappa shape index (κ1) is 31.5. The third-order valence-electron chi connectivity index (χ3n) is 7.46. The van der Waals surface area contributed by atoms with Gasteiger partial charge in [-0.1, -0.05) is 56.2 Å². The van der Waals surface area contributed by atoms with Crippen molar-refractivity contribution in [3.8, 4) is 16.9 Å². The van der Waals surface area contributed by atoms with E-state index in [0.717, 1.165) is 55.5 Å². The normalized spacial score (nSPS) is 17.1. The van der Waals surface area contributed by atoms with Crippen LogP contribution in [0, 0.1) is 29.1 Å². The van der Waals surface area contributed by atoms with Gasteiger partial charge in [0, 0.05) is 11.5 Å². The molecule has 3 nitrogen and oxygen atoms in total. The predicted molar refractivity (Wildman–Crippen MR) is 150 cm³/mol. The van der Waals surface area contributed by atoms with Gasteiger partial charge in [-0.25, -0.2) is 22.0 Å². The van der Waals surface area contributed by atoms with Crippen LogP contribution in [0.15, 0.2) is 72.8 Å². The van der Waals surface area contributed by atoms with Gasteiger partial charge in [-0.3, -0.25) is 0 Å². The average Bonchev–Trinajstić information content (AvgIpc) is 3.00. The van der Waals surface area contributed by atoms with E-state index in [4.69, 9.17) is 14.2 Å². The summed E-state index contributed by atoms with van der Waals surface area (Å²) < 4.78 is 116. The second kappa shape index (κ2) is 13.4. The second-order valence-electron chi connectivity index (χ2n) is 10.7. The average molecular weight is 619 g/mol. The minimum atomic E-state index is -4.32. The van der Waals surface area contributed by atoms with Crippen LogP contribution >= 0.6 is 0 Å². The van der Waals surface area contributed by atoms with Gasteiger partial charge in [0.25, 0.3) is 0 Å². The summed E-state index contributed by atoms with van der Waals surface area (Å²) >= 11 is 0. The molecular weight excluding hydrogens is 589 g/mol. The van der Waals surface area contributed by atoms with E-state index in [1.54, 1.807) is 12.1 Å². The number of aryl methyl sites for hydroxylation is 1. The molecule has 4 aromatic rings. The second-order valence-corrected chi connectivity index (χ2v) is 10.7. The maximum Gasteiger partial charge on any atom is 0.432 e. The first-order valence-electron chi connectivity index (χ1n) is 14.2. The molecule has 0 radical (unpaired) electrons. The third-order valence-corrected chi connectivity index (χ3v) is 7.46. The molecular formula is C34H29F7O3. The molecule has 1 heterocycles. The van der Waals surface area contributed by atoms with E-state index in [1.807, 2.05) is 12.1 Å². The van der Waals surface area contributed by atoms with Crippen LogP contribution < -0.4 is 4.74 Å². The van der Waals surface area contributed by atoms with E-state index in [0.29, 0.717) is 11.1 Å². The number of ether oxygens (including phenoxy) is 3. The molecule has 0 saturated carbocycles. The van der Waals surface area contributed by atoms with Crippen molar-refractivity contribution in [2.75, 3.05) is 13.2 Å². The monoisotopic (exact) mass is 618 g/mol. The predicted octanol–water partition coefficient (Wildman–Crippen LogP) is 9.74. The SMILES string of the molecule is CCCCCc1ccc(-c2cc(F)c(C(F)(F)Oc3ccc(C4COC(c5cc(F)c(F)c(F)c5)OC4)cc3)c(F)c2)cc1. The van der Waals surface area contributed by atoms with Crippen molar-refractivity contribution in [3.63, 3.8) is 0 Å². The van der Waals surface area contributed by atoms with Crippen molar-refractivity contribution in [3.05, 3.63) is 124 Å². The Balaban J connectivity index is 1.23. The highest BCUT2D eigenvalue weighted by atomic mass is 19.3. The van der Waals surface area contributed by atoms with Gasteiger partial charge in [-0.05, 0) is 71.5 Å². The smallest absolute Gasteiger partial charge is 0.429 e. The maximum atomic E-state index is 15.0. The lowest BCUT2D eigenvalue weighted by atomic mass is 9.99. The van der Waals surface area contributed by atoms with Crippen molar-refractivity contribution in [2.24, 2.45) is 0 Å². The van der Waals surface area contributed by atoms with E-state index >= 15 is 8.78 Å². The zero-order valence-electron chi connectivity index (χ0n) is 23.7. The molecule has 4 aromatic carbocycles. The van der Waals surface area contributed by atoms with E-state index in [2.05, 4.69) is 6.92 Å². The lowest BCUT2D eigenvalue weighted by Gasteiger charge is -2.30. The van der Waals surface area contributed by atoms with Crippen LogP contribution in [0.25, 0.3) is 11.1 Å². The van der Waals surface area contributed by atoms with Crippen molar-refractivity contribution < 1.29 is 44.9 Å². The van der Waals surface area contributed by atoms with Crippen LogP contribution in [0.1, 0.15) is 60.6 Å². The van der Waals surface area contributed by atoms with Gasteiger partial charge in [-0.2, -0.15) is 8.78 Å². The molecule has 5 rings (SSSR count). The van der Waals surface area contributed by atoms with E-state index in [1.165, 1.54) is 24.3 Å². The zero-order valence-corrected chi connectivity index (χ0v) is 23.7. The molecule has 0 unspecified atom stereocenters. The highest BCUT2D eigenvalue weighted by Gasteiger charge is 2.41. The Labute approximate surface area is 250 Å². The Bertz CT molecular complexity index is 1540. The van der Waals surface area contributed by atoms with Gasteiger partial charge in [0.1, 0.15) is 22.9 Å². The largest absolute Gasteiger partial charge is 0.432 e. The fourth-order valence-corrected chi connectivity index (χ4v) is 5.07. The standard InChI is InChI=1S/C34H29F7O3/c1-2-3-4-5-20-6-8-21(9-7-20)23-14-27(35)31(28(36)15-23)34(40,41)44-26-12-10-22(11-13-26)25-18-42-33(43-19-25)24-16-29(37)32(39)30(38)17-24/h6-17,25,33H,2-5,18-19H2,1H3. The Morgan fingerprint density at radius 1 is 0.705 bits per heavy atom. The first-order valence-corrected chi connectivity index (χ1v) is 14.2. The molecule has 44 heavy (non-hydrogen) atoms. The van der Waals surface area contributed by atoms with Gasteiger partial charge in [0.05, 0.1) is 13.2 Å². The van der Waals surface area contributed by atoms with Crippen LogP contribution in [0.5, 0.6) is 5.75 Å². The lowest BCUT2D eigenvalue weighted by molar-refractivity contribution is -0.192. The molecule has 1 aliphatic rings. The Hall–Kier alpha value is -3.89. The molecule has 0 bridgehead atoms. The van der Waals surface area contributed by atoms with Gasteiger partial charge in [-0.15, -0.1) is 0 Å². The molecule has 0 spiro atoms. The number of halogens is 7. The molecule has 1 fully saturated rings. The molecule has 0 atom stereocenters. The number of hydrogen-bond donors (Lipinski definition) is 0. The Morgan fingerprint density at radius 2 is 1.30 bits per heavy atom. The summed E-state index contributed by atoms with van der Waals surface area (Å²) in [5.41, 5.74) is 0.764.